The maximum absolute atomic E-state index is 14.2. The number of imidazole rings is 1. The van der Waals surface area contributed by atoms with Gasteiger partial charge in [0.15, 0.2) is 0 Å². The zero-order valence-electron chi connectivity index (χ0n) is 15.2. The summed E-state index contributed by atoms with van der Waals surface area (Å²) < 4.78 is 26.8. The van der Waals surface area contributed by atoms with E-state index in [0.29, 0.717) is 13.2 Å². The minimum absolute atomic E-state index is 0.0612. The molecule has 0 bridgehead atoms. The highest BCUT2D eigenvalue weighted by Gasteiger charge is 2.38. The van der Waals surface area contributed by atoms with Crippen LogP contribution in [0.15, 0.2) is 48.3 Å². The minimum Gasteiger partial charge on any atom is -0.375 e. The largest absolute Gasteiger partial charge is 0.375 e. The van der Waals surface area contributed by atoms with Crippen molar-refractivity contribution in [2.45, 2.75) is 32.4 Å². The van der Waals surface area contributed by atoms with Crippen molar-refractivity contribution < 1.29 is 18.7 Å². The lowest BCUT2D eigenvalue weighted by atomic mass is 9.99. The molecule has 2 heterocycles. The molecule has 1 atom stereocenters. The number of halogens is 1. The maximum atomic E-state index is 14.2. The smallest absolute Gasteiger partial charge is 0.242 e. The van der Waals surface area contributed by atoms with Gasteiger partial charge in [-0.3, -0.25) is 4.79 Å². The summed E-state index contributed by atoms with van der Waals surface area (Å²) >= 11 is 0. The van der Waals surface area contributed by atoms with Crippen molar-refractivity contribution in [3.8, 4) is 0 Å². The van der Waals surface area contributed by atoms with E-state index < -0.39 is 17.3 Å². The molecule has 138 valence electrons. The second-order valence-electron chi connectivity index (χ2n) is 6.87. The lowest BCUT2D eigenvalue weighted by Crippen LogP contribution is -2.51. The number of ketones is 1. The van der Waals surface area contributed by atoms with Gasteiger partial charge in [0.05, 0.1) is 25.6 Å². The molecule has 6 heteroatoms. The Morgan fingerprint density at radius 2 is 2.08 bits per heavy atom. The van der Waals surface area contributed by atoms with Gasteiger partial charge in [0.1, 0.15) is 17.9 Å². The first kappa shape index (κ1) is 18.5. The molecule has 0 saturated carbocycles. The zero-order valence-corrected chi connectivity index (χ0v) is 15.2. The van der Waals surface area contributed by atoms with E-state index >= 15 is 0 Å². The number of hydrogen-bond acceptors (Lipinski definition) is 4. The van der Waals surface area contributed by atoms with Crippen molar-refractivity contribution in [2.24, 2.45) is 0 Å². The first-order valence-corrected chi connectivity index (χ1v) is 8.60. The normalized spacial score (nSPS) is 16.6. The Hall–Kier alpha value is -2.31. The summed E-state index contributed by atoms with van der Waals surface area (Å²) in [5.74, 6) is -1.21. The molecule has 2 aromatic rings. The Balaban J connectivity index is 1.78. The minimum atomic E-state index is -0.775. The molecule has 1 aliphatic heterocycles. The van der Waals surface area contributed by atoms with Crippen LogP contribution in [-0.4, -0.2) is 40.8 Å². The van der Waals surface area contributed by atoms with Gasteiger partial charge in [0.25, 0.3) is 0 Å². The van der Waals surface area contributed by atoms with Gasteiger partial charge in [-0.15, -0.1) is 0 Å². The van der Waals surface area contributed by atoms with Gasteiger partial charge in [-0.05, 0) is 32.4 Å². The third-order valence-corrected chi connectivity index (χ3v) is 4.45. The third kappa shape index (κ3) is 3.76. The van der Waals surface area contributed by atoms with Crippen LogP contribution in [0.1, 0.15) is 42.9 Å². The molecular weight excluding hydrogens is 335 g/mol. The van der Waals surface area contributed by atoms with E-state index in [1.165, 1.54) is 6.33 Å². The van der Waals surface area contributed by atoms with Crippen LogP contribution < -0.4 is 0 Å². The Morgan fingerprint density at radius 1 is 1.38 bits per heavy atom. The molecule has 0 amide bonds. The number of nitrogens with zero attached hydrogens (tertiary/aromatic N) is 2. The molecule has 26 heavy (non-hydrogen) atoms. The highest BCUT2D eigenvalue weighted by molar-refractivity contribution is 5.95. The van der Waals surface area contributed by atoms with Crippen LogP contribution in [0.25, 0.3) is 0 Å². The van der Waals surface area contributed by atoms with E-state index in [1.54, 1.807) is 4.57 Å². The van der Waals surface area contributed by atoms with Crippen molar-refractivity contribution in [2.75, 3.05) is 19.8 Å². The second kappa shape index (κ2) is 7.51. The van der Waals surface area contributed by atoms with Crippen molar-refractivity contribution in [3.05, 3.63) is 65.5 Å². The predicted octanol–water partition coefficient (Wildman–Crippen LogP) is 3.57. The Labute approximate surface area is 152 Å². The third-order valence-electron chi connectivity index (χ3n) is 4.45. The van der Waals surface area contributed by atoms with Crippen LogP contribution in [0.3, 0.4) is 0 Å². The number of hydrogen-bond donors (Lipinski definition) is 0. The number of allylic oxidation sites excluding steroid dienone is 1. The number of rotatable bonds is 7. The van der Waals surface area contributed by atoms with Gasteiger partial charge < -0.3 is 14.0 Å². The highest BCUT2D eigenvalue weighted by Crippen LogP contribution is 2.26. The van der Waals surface area contributed by atoms with E-state index in [0.717, 1.165) is 11.1 Å². The lowest BCUT2D eigenvalue weighted by Gasteiger charge is -2.39. The summed E-state index contributed by atoms with van der Waals surface area (Å²) in [6.07, 6.45) is 3.31. The fraction of sp³-hybridized carbons (Fsp3) is 0.400. The summed E-state index contributed by atoms with van der Waals surface area (Å²) in [4.78, 5) is 16.4. The standard InChI is InChI=1S/C20H23FN2O3/c1-14(2)9-20(11-25-12-20)26-10-17(24)18-19(21)22-13-23(18)15(3)16-7-5-4-6-8-16/h4-9,13,15H,10-12H2,1-3H3/t15-/m1/s1. The van der Waals surface area contributed by atoms with E-state index in [4.69, 9.17) is 9.47 Å². The van der Waals surface area contributed by atoms with E-state index in [1.807, 2.05) is 57.2 Å². The van der Waals surface area contributed by atoms with E-state index in [9.17, 15) is 9.18 Å². The first-order chi connectivity index (χ1) is 12.4. The average molecular weight is 358 g/mol. The molecule has 3 rings (SSSR count). The average Bonchev–Trinajstić information content (AvgIpc) is 2.98. The fourth-order valence-electron chi connectivity index (χ4n) is 3.10. The molecule has 0 N–H and O–H groups in total. The fourth-order valence-corrected chi connectivity index (χ4v) is 3.10. The molecule has 5 nitrogen and oxygen atoms in total. The molecular formula is C20H23FN2O3. The Kier molecular flexibility index (Phi) is 5.34. The number of Topliss-reactive ketones (excluding diaryl/α,β-unsaturated/α-hetero) is 1. The molecule has 0 radical (unpaired) electrons. The molecule has 1 aromatic heterocycles. The van der Waals surface area contributed by atoms with Crippen LogP contribution >= 0.6 is 0 Å². The first-order valence-electron chi connectivity index (χ1n) is 8.60. The van der Waals surface area contributed by atoms with Crippen LogP contribution in [0.2, 0.25) is 0 Å². The summed E-state index contributed by atoms with van der Waals surface area (Å²) in [6, 6.07) is 9.37. The summed E-state index contributed by atoms with van der Waals surface area (Å²) in [7, 11) is 0. The molecule has 0 spiro atoms. The number of carbonyl (C=O) groups is 1. The van der Waals surface area contributed by atoms with Crippen LogP contribution in [0, 0.1) is 5.95 Å². The van der Waals surface area contributed by atoms with Crippen molar-refractivity contribution in [1.29, 1.82) is 0 Å². The van der Waals surface area contributed by atoms with Crippen LogP contribution in [-0.2, 0) is 9.47 Å². The number of ether oxygens (including phenoxy) is 2. The summed E-state index contributed by atoms with van der Waals surface area (Å²) in [6.45, 7) is 6.39. The Bertz CT molecular complexity index is 806. The number of aromatic nitrogens is 2. The molecule has 1 saturated heterocycles. The molecule has 0 aliphatic carbocycles. The van der Waals surface area contributed by atoms with Gasteiger partial charge >= 0.3 is 0 Å². The van der Waals surface area contributed by atoms with Gasteiger partial charge in [-0.2, -0.15) is 4.39 Å². The van der Waals surface area contributed by atoms with Gasteiger partial charge in [0, 0.05) is 0 Å². The molecule has 0 unspecified atom stereocenters. The summed E-state index contributed by atoms with van der Waals surface area (Å²) in [5.41, 5.74) is 1.39. The van der Waals surface area contributed by atoms with Gasteiger partial charge in [-0.1, -0.05) is 35.9 Å². The zero-order chi connectivity index (χ0) is 18.7. The maximum Gasteiger partial charge on any atom is 0.242 e. The van der Waals surface area contributed by atoms with Crippen LogP contribution in [0.4, 0.5) is 4.39 Å². The Morgan fingerprint density at radius 3 is 2.65 bits per heavy atom. The molecule has 1 aliphatic rings. The van der Waals surface area contributed by atoms with Crippen molar-refractivity contribution in [3.63, 3.8) is 0 Å². The summed E-state index contributed by atoms with van der Waals surface area (Å²) in [5, 5.41) is 0. The predicted molar refractivity (Wildman–Crippen MR) is 95.7 cm³/mol. The number of benzene rings is 1. The van der Waals surface area contributed by atoms with E-state index in [2.05, 4.69) is 4.98 Å². The quantitative estimate of drug-likeness (QED) is 0.561. The number of carbonyl (C=O) groups excluding carboxylic acids is 1. The molecule has 1 fully saturated rings. The van der Waals surface area contributed by atoms with Crippen molar-refractivity contribution in [1.82, 2.24) is 9.55 Å². The second-order valence-corrected chi connectivity index (χ2v) is 6.87. The lowest BCUT2D eigenvalue weighted by molar-refractivity contribution is -0.175. The van der Waals surface area contributed by atoms with Gasteiger partial charge in [0.2, 0.25) is 11.7 Å². The van der Waals surface area contributed by atoms with Gasteiger partial charge in [-0.25, -0.2) is 4.98 Å². The van der Waals surface area contributed by atoms with Crippen molar-refractivity contribution >= 4 is 5.78 Å². The monoisotopic (exact) mass is 358 g/mol. The van der Waals surface area contributed by atoms with Crippen LogP contribution in [0.5, 0.6) is 0 Å². The van der Waals surface area contributed by atoms with E-state index in [-0.39, 0.29) is 18.3 Å². The highest BCUT2D eigenvalue weighted by atomic mass is 19.1. The molecule has 1 aromatic carbocycles. The topological polar surface area (TPSA) is 53.3 Å². The SMILES string of the molecule is CC(C)=CC1(OCC(=O)c2c(F)ncn2[C@H](C)c2ccccc2)COC1.